The maximum atomic E-state index is 13.5. The summed E-state index contributed by atoms with van der Waals surface area (Å²) in [6.45, 7) is 4.12. The van der Waals surface area contributed by atoms with E-state index in [0.29, 0.717) is 17.3 Å². The largest absolute Gasteiger partial charge is 0.421 e. The maximum Gasteiger partial charge on any atom is 0.421 e. The molecule has 28 heavy (non-hydrogen) atoms. The Kier molecular flexibility index (Phi) is 5.82. The topological polar surface area (TPSA) is 49.8 Å². The molecule has 0 atom stereocenters. The van der Waals surface area contributed by atoms with E-state index in [1.165, 1.54) is 0 Å². The lowest BCUT2D eigenvalue weighted by Crippen LogP contribution is -2.13. The van der Waals surface area contributed by atoms with Crippen LogP contribution in [0.15, 0.2) is 60.8 Å². The quantitative estimate of drug-likeness (QED) is 0.531. The highest BCUT2D eigenvalue weighted by molar-refractivity contribution is 5.65. The normalized spacial score (nSPS) is 11.5. The van der Waals surface area contributed by atoms with Gasteiger partial charge in [0.2, 0.25) is 5.95 Å². The van der Waals surface area contributed by atoms with Gasteiger partial charge in [0.05, 0.1) is 0 Å². The molecule has 0 fully saturated rings. The van der Waals surface area contributed by atoms with Gasteiger partial charge in [0.15, 0.2) is 0 Å². The molecule has 0 spiro atoms. The van der Waals surface area contributed by atoms with E-state index in [9.17, 15) is 13.2 Å². The first-order valence-electron chi connectivity index (χ1n) is 8.94. The molecule has 146 valence electrons. The Hall–Kier alpha value is -3.09. The van der Waals surface area contributed by atoms with Crippen LogP contribution >= 0.6 is 0 Å². The molecule has 4 nitrogen and oxygen atoms in total. The number of hydrogen-bond donors (Lipinski definition) is 2. The first-order valence-corrected chi connectivity index (χ1v) is 8.94. The van der Waals surface area contributed by atoms with Gasteiger partial charge in [-0.05, 0) is 36.1 Å². The zero-order chi connectivity index (χ0) is 20.1. The number of rotatable bonds is 6. The molecule has 0 aliphatic rings. The Bertz CT molecular complexity index is 924. The molecule has 1 heterocycles. The lowest BCUT2D eigenvalue weighted by molar-refractivity contribution is -0.137. The van der Waals surface area contributed by atoms with E-state index in [0.717, 1.165) is 18.2 Å². The zero-order valence-electron chi connectivity index (χ0n) is 15.6. The van der Waals surface area contributed by atoms with Crippen LogP contribution in [0.4, 0.5) is 36.3 Å². The highest BCUT2D eigenvalue weighted by atomic mass is 19.4. The van der Waals surface area contributed by atoms with Gasteiger partial charge >= 0.3 is 6.18 Å². The Labute approximate surface area is 161 Å². The molecule has 7 heteroatoms. The SMILES string of the molecule is CC(C)Cc1ccccc1Nc1nc(Nc2ccccc2)ncc1C(F)(F)F. The molecule has 0 aliphatic carbocycles. The first kappa shape index (κ1) is 19.7. The zero-order valence-corrected chi connectivity index (χ0v) is 15.6. The van der Waals surface area contributed by atoms with Crippen molar-refractivity contribution in [1.82, 2.24) is 9.97 Å². The molecule has 0 radical (unpaired) electrons. The minimum atomic E-state index is -4.57. The minimum Gasteiger partial charge on any atom is -0.339 e. The van der Waals surface area contributed by atoms with E-state index in [2.05, 4.69) is 34.4 Å². The van der Waals surface area contributed by atoms with Gasteiger partial charge < -0.3 is 10.6 Å². The number of hydrogen-bond acceptors (Lipinski definition) is 4. The molecule has 0 saturated carbocycles. The second kappa shape index (κ2) is 8.29. The molecular formula is C21H21F3N4. The van der Waals surface area contributed by atoms with Gasteiger partial charge in [-0.2, -0.15) is 18.2 Å². The average molecular weight is 386 g/mol. The number of nitrogens with zero attached hydrogens (tertiary/aromatic N) is 2. The van der Waals surface area contributed by atoms with Crippen molar-refractivity contribution < 1.29 is 13.2 Å². The molecule has 2 N–H and O–H groups in total. The molecule has 0 amide bonds. The second-order valence-corrected chi connectivity index (χ2v) is 6.82. The summed E-state index contributed by atoms with van der Waals surface area (Å²) in [5.41, 5.74) is 1.31. The van der Waals surface area contributed by atoms with Crippen molar-refractivity contribution in [3.63, 3.8) is 0 Å². The summed E-state index contributed by atoms with van der Waals surface area (Å²) >= 11 is 0. The van der Waals surface area contributed by atoms with Crippen LogP contribution in [0, 0.1) is 5.92 Å². The standard InChI is InChI=1S/C21H21F3N4/c1-14(2)12-15-8-6-7-11-18(15)27-19-17(21(22,23)24)13-25-20(28-19)26-16-9-4-3-5-10-16/h3-11,13-14H,12H2,1-2H3,(H2,25,26,27,28). The van der Waals surface area contributed by atoms with Gasteiger partial charge in [0.25, 0.3) is 0 Å². The van der Waals surface area contributed by atoms with Crippen LogP contribution < -0.4 is 10.6 Å². The molecule has 2 aromatic carbocycles. The Balaban J connectivity index is 1.97. The highest BCUT2D eigenvalue weighted by Gasteiger charge is 2.35. The van der Waals surface area contributed by atoms with Gasteiger partial charge in [-0.15, -0.1) is 0 Å². The molecular weight excluding hydrogens is 365 g/mol. The monoisotopic (exact) mass is 386 g/mol. The minimum absolute atomic E-state index is 0.0861. The molecule has 3 aromatic rings. The summed E-state index contributed by atoms with van der Waals surface area (Å²) in [5.74, 6) is 0.172. The third kappa shape index (κ3) is 5.00. The summed E-state index contributed by atoms with van der Waals surface area (Å²) in [6, 6.07) is 16.3. The Morgan fingerprint density at radius 2 is 1.61 bits per heavy atom. The first-order chi connectivity index (χ1) is 13.3. The summed E-state index contributed by atoms with van der Waals surface area (Å²) in [6.07, 6.45) is -3.03. The van der Waals surface area contributed by atoms with Crippen LogP contribution in [0.5, 0.6) is 0 Å². The van der Waals surface area contributed by atoms with E-state index in [-0.39, 0.29) is 11.8 Å². The van der Waals surface area contributed by atoms with Gasteiger partial charge in [-0.3, -0.25) is 0 Å². The predicted molar refractivity (Wildman–Crippen MR) is 105 cm³/mol. The van der Waals surface area contributed by atoms with Gasteiger partial charge in [0, 0.05) is 17.6 Å². The van der Waals surface area contributed by atoms with Crippen LogP contribution in [0.1, 0.15) is 25.0 Å². The third-order valence-electron chi connectivity index (χ3n) is 4.02. The maximum absolute atomic E-state index is 13.5. The van der Waals surface area contributed by atoms with Crippen LogP contribution in [-0.2, 0) is 12.6 Å². The molecule has 0 aliphatic heterocycles. The highest BCUT2D eigenvalue weighted by Crippen LogP contribution is 2.36. The number of aromatic nitrogens is 2. The number of halogens is 3. The smallest absolute Gasteiger partial charge is 0.339 e. The summed E-state index contributed by atoms with van der Waals surface area (Å²) in [7, 11) is 0. The summed E-state index contributed by atoms with van der Waals surface area (Å²) in [5, 5.41) is 5.79. The average Bonchev–Trinajstić information content (AvgIpc) is 2.63. The van der Waals surface area contributed by atoms with Crippen molar-refractivity contribution in [3.05, 3.63) is 71.9 Å². The number of nitrogens with one attached hydrogen (secondary N) is 2. The molecule has 0 unspecified atom stereocenters. The van der Waals surface area contributed by atoms with Crippen molar-refractivity contribution in [1.29, 1.82) is 0 Å². The summed E-state index contributed by atoms with van der Waals surface area (Å²) < 4.78 is 40.4. The molecule has 0 saturated heterocycles. The molecule has 1 aromatic heterocycles. The fourth-order valence-electron chi connectivity index (χ4n) is 2.78. The van der Waals surface area contributed by atoms with Crippen LogP contribution in [0.2, 0.25) is 0 Å². The fraction of sp³-hybridized carbons (Fsp3) is 0.238. The van der Waals surface area contributed by atoms with Crippen LogP contribution in [0.25, 0.3) is 0 Å². The molecule has 3 rings (SSSR count). The number of benzene rings is 2. The van der Waals surface area contributed by atoms with Gasteiger partial charge in [-0.1, -0.05) is 50.2 Å². The van der Waals surface area contributed by atoms with Crippen molar-refractivity contribution in [3.8, 4) is 0 Å². The van der Waals surface area contributed by atoms with E-state index in [4.69, 9.17) is 0 Å². The van der Waals surface area contributed by atoms with Crippen molar-refractivity contribution >= 4 is 23.1 Å². The predicted octanol–water partition coefficient (Wildman–Crippen LogP) is 6.18. The van der Waals surface area contributed by atoms with Gasteiger partial charge in [0.1, 0.15) is 11.4 Å². The number of alkyl halides is 3. The third-order valence-corrected chi connectivity index (χ3v) is 4.02. The Morgan fingerprint density at radius 3 is 2.29 bits per heavy atom. The summed E-state index contributed by atoms with van der Waals surface area (Å²) in [4.78, 5) is 7.93. The Morgan fingerprint density at radius 1 is 0.929 bits per heavy atom. The van der Waals surface area contributed by atoms with E-state index >= 15 is 0 Å². The van der Waals surface area contributed by atoms with Crippen LogP contribution in [-0.4, -0.2) is 9.97 Å². The van der Waals surface area contributed by atoms with Crippen molar-refractivity contribution in [2.24, 2.45) is 5.92 Å². The molecule has 0 bridgehead atoms. The van der Waals surface area contributed by atoms with Crippen LogP contribution in [0.3, 0.4) is 0 Å². The van der Waals surface area contributed by atoms with Crippen molar-refractivity contribution in [2.75, 3.05) is 10.6 Å². The lowest BCUT2D eigenvalue weighted by atomic mass is 10.0. The van der Waals surface area contributed by atoms with Crippen molar-refractivity contribution in [2.45, 2.75) is 26.4 Å². The van der Waals surface area contributed by atoms with E-state index in [1.807, 2.05) is 30.3 Å². The lowest BCUT2D eigenvalue weighted by Gasteiger charge is -2.17. The van der Waals surface area contributed by atoms with E-state index in [1.54, 1.807) is 24.3 Å². The van der Waals surface area contributed by atoms with Gasteiger partial charge in [-0.25, -0.2) is 4.98 Å². The fourth-order valence-corrected chi connectivity index (χ4v) is 2.78. The van der Waals surface area contributed by atoms with E-state index < -0.39 is 11.7 Å². The second-order valence-electron chi connectivity index (χ2n) is 6.82. The number of para-hydroxylation sites is 2. The number of anilines is 4.